The van der Waals surface area contributed by atoms with Crippen LogP contribution in [0.4, 0.5) is 0 Å². The molecule has 2 aromatic rings. The molecule has 0 spiro atoms. The van der Waals surface area contributed by atoms with E-state index in [2.05, 4.69) is 0 Å². The number of benzene rings is 2. The highest BCUT2D eigenvalue weighted by Crippen LogP contribution is 2.23. The largest absolute Gasteiger partial charge is 0.457 e. The molecule has 18 heavy (non-hydrogen) atoms. The van der Waals surface area contributed by atoms with Crippen molar-refractivity contribution in [1.82, 2.24) is 0 Å². The zero-order valence-electron chi connectivity index (χ0n) is 10.4. The average molecular weight is 242 g/mol. The van der Waals surface area contributed by atoms with Gasteiger partial charge in [0.05, 0.1) is 0 Å². The van der Waals surface area contributed by atoms with E-state index in [0.717, 1.165) is 17.1 Å². The Morgan fingerprint density at radius 3 is 1.94 bits per heavy atom. The molecule has 0 aliphatic rings. The van der Waals surface area contributed by atoms with Gasteiger partial charge in [-0.25, -0.2) is 0 Å². The molecule has 0 aliphatic carbocycles. The van der Waals surface area contributed by atoms with Crippen LogP contribution in [-0.2, 0) is 0 Å². The lowest BCUT2D eigenvalue weighted by molar-refractivity contribution is 0.482. The van der Waals surface area contributed by atoms with E-state index in [9.17, 15) is 0 Å². The molecule has 3 nitrogen and oxygen atoms in total. The van der Waals surface area contributed by atoms with Gasteiger partial charge in [0.15, 0.2) is 0 Å². The summed E-state index contributed by atoms with van der Waals surface area (Å²) in [4.78, 5) is 0. The number of hydrogen-bond acceptors (Lipinski definition) is 3. The van der Waals surface area contributed by atoms with E-state index in [1.807, 2.05) is 61.5 Å². The lowest BCUT2D eigenvalue weighted by Crippen LogP contribution is -2.30. The van der Waals surface area contributed by atoms with Crippen molar-refractivity contribution in [2.75, 3.05) is 0 Å². The molecule has 0 saturated carbocycles. The van der Waals surface area contributed by atoms with E-state index in [-0.39, 0.29) is 12.1 Å². The van der Waals surface area contributed by atoms with E-state index in [1.165, 1.54) is 0 Å². The molecule has 0 aromatic heterocycles. The van der Waals surface area contributed by atoms with Gasteiger partial charge in [-0.15, -0.1) is 0 Å². The maximum atomic E-state index is 5.97. The maximum absolute atomic E-state index is 5.97. The van der Waals surface area contributed by atoms with E-state index in [1.54, 1.807) is 0 Å². The second-order valence-corrected chi connectivity index (χ2v) is 4.37. The fourth-order valence-electron chi connectivity index (χ4n) is 1.69. The van der Waals surface area contributed by atoms with Crippen LogP contribution in [0.3, 0.4) is 0 Å². The predicted molar refractivity (Wildman–Crippen MR) is 73.5 cm³/mol. The fourth-order valence-corrected chi connectivity index (χ4v) is 1.69. The van der Waals surface area contributed by atoms with Crippen LogP contribution in [0.15, 0.2) is 54.6 Å². The SMILES string of the molecule is CC(N)C(N)c1ccc(Oc2ccccc2)cc1. The Kier molecular flexibility index (Phi) is 3.97. The summed E-state index contributed by atoms with van der Waals surface area (Å²) in [7, 11) is 0. The molecule has 2 atom stereocenters. The molecule has 0 saturated heterocycles. The summed E-state index contributed by atoms with van der Waals surface area (Å²) in [5, 5.41) is 0. The molecule has 2 aromatic carbocycles. The smallest absolute Gasteiger partial charge is 0.127 e. The summed E-state index contributed by atoms with van der Waals surface area (Å²) in [5.74, 6) is 1.61. The topological polar surface area (TPSA) is 61.3 Å². The summed E-state index contributed by atoms with van der Waals surface area (Å²) >= 11 is 0. The van der Waals surface area contributed by atoms with Gasteiger partial charge in [-0.3, -0.25) is 0 Å². The fraction of sp³-hybridized carbons (Fsp3) is 0.200. The van der Waals surface area contributed by atoms with E-state index in [4.69, 9.17) is 16.2 Å². The Hall–Kier alpha value is -1.84. The number of rotatable bonds is 4. The van der Waals surface area contributed by atoms with Gasteiger partial charge in [-0.05, 0) is 36.8 Å². The zero-order chi connectivity index (χ0) is 13.0. The Bertz CT molecular complexity index is 480. The third kappa shape index (κ3) is 3.09. The molecular formula is C15H18N2O. The summed E-state index contributed by atoms with van der Waals surface area (Å²) < 4.78 is 5.70. The molecule has 0 aliphatic heterocycles. The lowest BCUT2D eigenvalue weighted by atomic mass is 10.0. The number of para-hydroxylation sites is 1. The normalized spacial score (nSPS) is 13.9. The van der Waals surface area contributed by atoms with Crippen LogP contribution in [0.25, 0.3) is 0 Å². The van der Waals surface area contributed by atoms with Crippen molar-refractivity contribution >= 4 is 0 Å². The third-order valence-electron chi connectivity index (χ3n) is 2.81. The highest BCUT2D eigenvalue weighted by Gasteiger charge is 2.10. The standard InChI is InChI=1S/C15H18N2O/c1-11(16)15(17)12-7-9-14(10-8-12)18-13-5-3-2-4-6-13/h2-11,15H,16-17H2,1H3. The Morgan fingerprint density at radius 1 is 0.833 bits per heavy atom. The van der Waals surface area contributed by atoms with Crippen LogP contribution >= 0.6 is 0 Å². The van der Waals surface area contributed by atoms with Crippen LogP contribution in [0.1, 0.15) is 18.5 Å². The van der Waals surface area contributed by atoms with Gasteiger partial charge in [-0.2, -0.15) is 0 Å². The Morgan fingerprint density at radius 2 is 1.39 bits per heavy atom. The van der Waals surface area contributed by atoms with Crippen molar-refractivity contribution in [3.8, 4) is 11.5 Å². The first-order valence-corrected chi connectivity index (χ1v) is 6.01. The molecule has 0 radical (unpaired) electrons. The van der Waals surface area contributed by atoms with E-state index in [0.29, 0.717) is 0 Å². The molecule has 2 unspecified atom stereocenters. The van der Waals surface area contributed by atoms with Crippen LogP contribution in [-0.4, -0.2) is 6.04 Å². The molecular weight excluding hydrogens is 224 g/mol. The van der Waals surface area contributed by atoms with Crippen LogP contribution in [0.2, 0.25) is 0 Å². The van der Waals surface area contributed by atoms with Gasteiger partial charge in [0, 0.05) is 12.1 Å². The van der Waals surface area contributed by atoms with Crippen molar-refractivity contribution in [3.05, 3.63) is 60.2 Å². The number of hydrogen-bond donors (Lipinski definition) is 2. The second-order valence-electron chi connectivity index (χ2n) is 4.37. The highest BCUT2D eigenvalue weighted by atomic mass is 16.5. The van der Waals surface area contributed by atoms with Crippen molar-refractivity contribution in [3.63, 3.8) is 0 Å². The summed E-state index contributed by atoms with van der Waals surface area (Å²) in [5.41, 5.74) is 12.8. The number of ether oxygens (including phenoxy) is 1. The molecule has 2 rings (SSSR count). The van der Waals surface area contributed by atoms with E-state index >= 15 is 0 Å². The third-order valence-corrected chi connectivity index (χ3v) is 2.81. The van der Waals surface area contributed by atoms with Crippen LogP contribution < -0.4 is 16.2 Å². The van der Waals surface area contributed by atoms with Crippen LogP contribution in [0.5, 0.6) is 11.5 Å². The zero-order valence-corrected chi connectivity index (χ0v) is 10.4. The first kappa shape index (κ1) is 12.6. The van der Waals surface area contributed by atoms with Gasteiger partial charge in [0.2, 0.25) is 0 Å². The van der Waals surface area contributed by atoms with Gasteiger partial charge < -0.3 is 16.2 Å². The Balaban J connectivity index is 2.09. The highest BCUT2D eigenvalue weighted by molar-refractivity contribution is 5.34. The molecule has 0 fully saturated rings. The van der Waals surface area contributed by atoms with E-state index < -0.39 is 0 Å². The van der Waals surface area contributed by atoms with Crippen molar-refractivity contribution in [2.24, 2.45) is 11.5 Å². The predicted octanol–water partition coefficient (Wildman–Crippen LogP) is 2.83. The summed E-state index contributed by atoms with van der Waals surface area (Å²) in [6, 6.07) is 17.2. The molecule has 4 N–H and O–H groups in total. The van der Waals surface area contributed by atoms with Crippen molar-refractivity contribution < 1.29 is 4.74 Å². The average Bonchev–Trinajstić information content (AvgIpc) is 2.40. The van der Waals surface area contributed by atoms with Crippen molar-refractivity contribution in [2.45, 2.75) is 19.0 Å². The minimum absolute atomic E-state index is 0.0640. The monoisotopic (exact) mass is 242 g/mol. The number of nitrogens with two attached hydrogens (primary N) is 2. The van der Waals surface area contributed by atoms with Gasteiger partial charge >= 0.3 is 0 Å². The van der Waals surface area contributed by atoms with Gasteiger partial charge in [0.25, 0.3) is 0 Å². The van der Waals surface area contributed by atoms with Gasteiger partial charge in [-0.1, -0.05) is 30.3 Å². The lowest BCUT2D eigenvalue weighted by Gasteiger charge is -2.16. The van der Waals surface area contributed by atoms with Crippen molar-refractivity contribution in [1.29, 1.82) is 0 Å². The molecule has 94 valence electrons. The molecule has 0 heterocycles. The minimum atomic E-state index is -0.143. The summed E-state index contributed by atoms with van der Waals surface area (Å²) in [6.07, 6.45) is 0. The molecule has 0 amide bonds. The van der Waals surface area contributed by atoms with Crippen LogP contribution in [0, 0.1) is 0 Å². The maximum Gasteiger partial charge on any atom is 0.127 e. The molecule has 3 heteroatoms. The Labute approximate surface area is 107 Å². The van der Waals surface area contributed by atoms with Gasteiger partial charge in [0.1, 0.15) is 11.5 Å². The first-order chi connectivity index (χ1) is 8.66. The second kappa shape index (κ2) is 5.67. The first-order valence-electron chi connectivity index (χ1n) is 6.01. The quantitative estimate of drug-likeness (QED) is 0.866. The molecule has 0 bridgehead atoms. The minimum Gasteiger partial charge on any atom is -0.457 e. The summed E-state index contributed by atoms with van der Waals surface area (Å²) in [6.45, 7) is 1.90.